The number of rotatable bonds is 7. The first kappa shape index (κ1) is 18.3. The summed E-state index contributed by atoms with van der Waals surface area (Å²) in [6.07, 6.45) is 1.47. The van der Waals surface area contributed by atoms with Gasteiger partial charge in [-0.15, -0.1) is 0 Å². The molecule has 24 heavy (non-hydrogen) atoms. The van der Waals surface area contributed by atoms with Gasteiger partial charge in [0.05, 0.1) is 13.2 Å². The van der Waals surface area contributed by atoms with E-state index < -0.39 is 0 Å². The van der Waals surface area contributed by atoms with E-state index in [-0.39, 0.29) is 0 Å². The molecule has 0 saturated carbocycles. The smallest absolute Gasteiger partial charge is 0.124 e. The van der Waals surface area contributed by atoms with Crippen molar-refractivity contribution >= 4 is 0 Å². The molecule has 130 valence electrons. The van der Waals surface area contributed by atoms with Gasteiger partial charge in [-0.2, -0.15) is 0 Å². The summed E-state index contributed by atoms with van der Waals surface area (Å²) in [5.41, 5.74) is 5.32. The van der Waals surface area contributed by atoms with Crippen LogP contribution in [0.3, 0.4) is 0 Å². The molecule has 2 aromatic carbocycles. The Hall–Kier alpha value is -2.04. The Morgan fingerprint density at radius 1 is 0.667 bits per heavy atom. The standard InChI is InChI=1S/C20H26O4/c1-5-13-7-15(9-17(11-23-3)19(13)21)16-8-14(6-2)20(22)18(10-16)12-24-4/h7-10,21-22H,5-6,11-12H2,1-4H3. The van der Waals surface area contributed by atoms with Crippen LogP contribution in [0.2, 0.25) is 0 Å². The molecule has 2 N–H and O–H groups in total. The van der Waals surface area contributed by atoms with Crippen LogP contribution in [0.4, 0.5) is 0 Å². The molecule has 0 aromatic heterocycles. The number of phenolic OH excluding ortho intramolecular Hbond substituents is 2. The average Bonchev–Trinajstić information content (AvgIpc) is 2.59. The predicted molar refractivity (Wildman–Crippen MR) is 95.4 cm³/mol. The van der Waals surface area contributed by atoms with E-state index in [0.717, 1.165) is 46.2 Å². The Morgan fingerprint density at radius 3 is 1.29 bits per heavy atom. The third kappa shape index (κ3) is 3.71. The Balaban J connectivity index is 2.62. The zero-order valence-corrected chi connectivity index (χ0v) is 14.8. The summed E-state index contributed by atoms with van der Waals surface area (Å²) >= 11 is 0. The average molecular weight is 330 g/mol. The van der Waals surface area contributed by atoms with Crippen LogP contribution < -0.4 is 0 Å². The van der Waals surface area contributed by atoms with E-state index in [9.17, 15) is 10.2 Å². The predicted octanol–water partition coefficient (Wildman–Crippen LogP) is 4.18. The van der Waals surface area contributed by atoms with Crippen LogP contribution in [0.25, 0.3) is 11.1 Å². The van der Waals surface area contributed by atoms with Gasteiger partial charge in [0.15, 0.2) is 0 Å². The number of benzene rings is 2. The Labute approximate surface area is 143 Å². The maximum absolute atomic E-state index is 10.3. The molecule has 0 radical (unpaired) electrons. The van der Waals surface area contributed by atoms with Gasteiger partial charge in [-0.1, -0.05) is 13.8 Å². The summed E-state index contributed by atoms with van der Waals surface area (Å²) < 4.78 is 10.4. The number of aryl methyl sites for hydroxylation is 2. The van der Waals surface area contributed by atoms with Crippen molar-refractivity contribution in [3.05, 3.63) is 46.5 Å². The van der Waals surface area contributed by atoms with Crippen molar-refractivity contribution < 1.29 is 19.7 Å². The molecule has 0 saturated heterocycles. The van der Waals surface area contributed by atoms with Gasteiger partial charge < -0.3 is 19.7 Å². The van der Waals surface area contributed by atoms with Gasteiger partial charge >= 0.3 is 0 Å². The highest BCUT2D eigenvalue weighted by Gasteiger charge is 2.14. The molecule has 0 aliphatic heterocycles. The van der Waals surface area contributed by atoms with E-state index in [0.29, 0.717) is 24.7 Å². The summed E-state index contributed by atoms with van der Waals surface area (Å²) in [5, 5.41) is 20.7. The fourth-order valence-electron chi connectivity index (χ4n) is 2.92. The summed E-state index contributed by atoms with van der Waals surface area (Å²) in [7, 11) is 3.23. The molecule has 0 fully saturated rings. The second-order valence-electron chi connectivity index (χ2n) is 5.86. The van der Waals surface area contributed by atoms with Crippen LogP contribution in [0.15, 0.2) is 24.3 Å². The Bertz CT molecular complexity index is 646. The van der Waals surface area contributed by atoms with Crippen LogP contribution >= 0.6 is 0 Å². The van der Waals surface area contributed by atoms with E-state index in [1.165, 1.54) is 0 Å². The van der Waals surface area contributed by atoms with Gasteiger partial charge in [0.2, 0.25) is 0 Å². The molecular weight excluding hydrogens is 304 g/mol. The van der Waals surface area contributed by atoms with Crippen LogP contribution in [0.5, 0.6) is 11.5 Å². The maximum atomic E-state index is 10.3. The van der Waals surface area contributed by atoms with Crippen molar-refractivity contribution in [1.29, 1.82) is 0 Å². The van der Waals surface area contributed by atoms with Gasteiger partial charge in [-0.05, 0) is 59.4 Å². The second-order valence-corrected chi connectivity index (χ2v) is 5.86. The van der Waals surface area contributed by atoms with Gasteiger partial charge in [-0.3, -0.25) is 0 Å². The highest BCUT2D eigenvalue weighted by molar-refractivity contribution is 5.70. The number of ether oxygens (including phenoxy) is 2. The molecule has 2 rings (SSSR count). The minimum absolute atomic E-state index is 0.301. The van der Waals surface area contributed by atoms with E-state index in [4.69, 9.17) is 9.47 Å². The molecular formula is C20H26O4. The maximum Gasteiger partial charge on any atom is 0.124 e. The highest BCUT2D eigenvalue weighted by Crippen LogP contribution is 2.35. The fourth-order valence-corrected chi connectivity index (χ4v) is 2.92. The summed E-state index contributed by atoms with van der Waals surface area (Å²) in [6, 6.07) is 7.88. The third-order valence-corrected chi connectivity index (χ3v) is 4.23. The zero-order valence-electron chi connectivity index (χ0n) is 14.8. The number of methoxy groups -OCH3 is 2. The largest absolute Gasteiger partial charge is 0.507 e. The Kier molecular flexibility index (Phi) is 6.23. The van der Waals surface area contributed by atoms with Gasteiger partial charge in [0.25, 0.3) is 0 Å². The van der Waals surface area contributed by atoms with Crippen LogP contribution in [0.1, 0.15) is 36.1 Å². The highest BCUT2D eigenvalue weighted by atomic mass is 16.5. The topological polar surface area (TPSA) is 58.9 Å². The minimum atomic E-state index is 0.301. The van der Waals surface area contributed by atoms with Crippen LogP contribution in [-0.4, -0.2) is 24.4 Å². The van der Waals surface area contributed by atoms with Crippen molar-refractivity contribution in [2.45, 2.75) is 39.9 Å². The molecule has 4 nitrogen and oxygen atoms in total. The fraction of sp³-hybridized carbons (Fsp3) is 0.400. The Morgan fingerprint density at radius 2 is 1.00 bits per heavy atom. The number of hydrogen-bond acceptors (Lipinski definition) is 4. The molecule has 0 heterocycles. The minimum Gasteiger partial charge on any atom is -0.507 e. The molecule has 2 aromatic rings. The summed E-state index contributed by atoms with van der Waals surface area (Å²) in [5.74, 6) is 0.601. The van der Waals surface area contributed by atoms with Crippen molar-refractivity contribution in [3.8, 4) is 22.6 Å². The van der Waals surface area contributed by atoms with E-state index >= 15 is 0 Å². The molecule has 0 atom stereocenters. The molecule has 0 amide bonds. The number of hydrogen-bond donors (Lipinski definition) is 2. The first-order valence-corrected chi connectivity index (χ1v) is 8.23. The monoisotopic (exact) mass is 330 g/mol. The number of phenols is 2. The van der Waals surface area contributed by atoms with E-state index in [1.54, 1.807) is 14.2 Å². The normalized spacial score (nSPS) is 11.0. The first-order valence-electron chi connectivity index (χ1n) is 8.23. The molecule has 0 bridgehead atoms. The van der Waals surface area contributed by atoms with Crippen LogP contribution in [0, 0.1) is 0 Å². The lowest BCUT2D eigenvalue weighted by atomic mass is 9.94. The van der Waals surface area contributed by atoms with Crippen LogP contribution in [-0.2, 0) is 35.5 Å². The molecule has 4 heteroatoms. The third-order valence-electron chi connectivity index (χ3n) is 4.23. The van der Waals surface area contributed by atoms with E-state index in [2.05, 4.69) is 0 Å². The summed E-state index contributed by atoms with van der Waals surface area (Å²) in [6.45, 7) is 4.74. The van der Waals surface area contributed by atoms with Gasteiger partial charge in [0.1, 0.15) is 11.5 Å². The first-order chi connectivity index (χ1) is 11.5. The summed E-state index contributed by atoms with van der Waals surface area (Å²) in [4.78, 5) is 0. The molecule has 0 aliphatic rings. The quantitative estimate of drug-likeness (QED) is 0.799. The van der Waals surface area contributed by atoms with Gasteiger partial charge in [-0.25, -0.2) is 0 Å². The lowest BCUT2D eigenvalue weighted by molar-refractivity contribution is 0.181. The van der Waals surface area contributed by atoms with Crippen molar-refractivity contribution in [3.63, 3.8) is 0 Å². The molecule has 0 spiro atoms. The molecule has 0 aliphatic carbocycles. The second kappa shape index (κ2) is 8.18. The van der Waals surface area contributed by atoms with E-state index in [1.807, 2.05) is 38.1 Å². The lowest BCUT2D eigenvalue weighted by Crippen LogP contribution is -1.97. The zero-order chi connectivity index (χ0) is 17.7. The number of aromatic hydroxyl groups is 2. The lowest BCUT2D eigenvalue weighted by Gasteiger charge is -2.15. The van der Waals surface area contributed by atoms with Crippen molar-refractivity contribution in [2.24, 2.45) is 0 Å². The SMILES string of the molecule is CCc1cc(-c2cc(CC)c(O)c(COC)c2)cc(COC)c1O. The van der Waals surface area contributed by atoms with Gasteiger partial charge in [0, 0.05) is 25.3 Å². The van der Waals surface area contributed by atoms with Crippen molar-refractivity contribution in [2.75, 3.05) is 14.2 Å². The van der Waals surface area contributed by atoms with Crippen molar-refractivity contribution in [1.82, 2.24) is 0 Å². The molecule has 0 unspecified atom stereocenters.